The summed E-state index contributed by atoms with van der Waals surface area (Å²) < 4.78 is 11.5. The quantitative estimate of drug-likeness (QED) is 0.534. The highest BCUT2D eigenvalue weighted by atomic mass is 16.6. The number of amidine groups is 1. The standard InChI is InChI=1S/C26H35N5O4/c1-6-7-15-30(24(32)28-20-11-9-8-10-12-20)31(25(33)35-26(3,4)5)17-19-13-14-22-21(16-19)29-23(27)18(2)34-22/h8-14,16,18H,6-7,15,17H2,1-5H3,(H2,27,29)(H,28,32). The Labute approximate surface area is 206 Å². The van der Waals surface area contributed by atoms with Crippen molar-refractivity contribution in [3.05, 3.63) is 54.1 Å². The molecule has 2 aromatic rings. The van der Waals surface area contributed by atoms with E-state index >= 15 is 0 Å². The first-order chi connectivity index (χ1) is 16.6. The molecular formula is C26H35N5O4. The average Bonchev–Trinajstić information content (AvgIpc) is 2.79. The zero-order valence-corrected chi connectivity index (χ0v) is 21.1. The fourth-order valence-corrected chi connectivity index (χ4v) is 3.41. The molecule has 9 heteroatoms. The fraction of sp³-hybridized carbons (Fsp3) is 0.423. The van der Waals surface area contributed by atoms with Crippen LogP contribution >= 0.6 is 0 Å². The third-order valence-electron chi connectivity index (χ3n) is 5.20. The number of anilines is 1. The van der Waals surface area contributed by atoms with Crippen LogP contribution in [0.1, 0.15) is 53.0 Å². The van der Waals surface area contributed by atoms with Crippen molar-refractivity contribution in [3.63, 3.8) is 0 Å². The molecule has 0 saturated carbocycles. The van der Waals surface area contributed by atoms with Crippen LogP contribution in [0.4, 0.5) is 21.0 Å². The molecule has 0 spiro atoms. The van der Waals surface area contributed by atoms with E-state index in [2.05, 4.69) is 10.3 Å². The summed E-state index contributed by atoms with van der Waals surface area (Å²) in [5.74, 6) is 0.995. The Balaban J connectivity index is 1.93. The monoisotopic (exact) mass is 481 g/mol. The van der Waals surface area contributed by atoms with E-state index in [0.29, 0.717) is 35.9 Å². The number of benzene rings is 2. The van der Waals surface area contributed by atoms with Gasteiger partial charge >= 0.3 is 12.1 Å². The zero-order chi connectivity index (χ0) is 25.6. The van der Waals surface area contributed by atoms with Crippen molar-refractivity contribution in [2.24, 2.45) is 10.7 Å². The second-order valence-corrected chi connectivity index (χ2v) is 9.41. The number of carbonyl (C=O) groups is 2. The zero-order valence-electron chi connectivity index (χ0n) is 21.1. The van der Waals surface area contributed by atoms with Gasteiger partial charge in [0.15, 0.2) is 6.10 Å². The maximum absolute atomic E-state index is 13.3. The third kappa shape index (κ3) is 7.11. The van der Waals surface area contributed by atoms with Crippen molar-refractivity contribution in [3.8, 4) is 5.75 Å². The van der Waals surface area contributed by atoms with E-state index in [0.717, 1.165) is 12.0 Å². The number of ether oxygens (including phenoxy) is 2. The molecule has 1 atom stereocenters. The number of unbranched alkanes of at least 4 members (excludes halogenated alkanes) is 1. The summed E-state index contributed by atoms with van der Waals surface area (Å²) in [6.07, 6.45) is 0.623. The van der Waals surface area contributed by atoms with Crippen molar-refractivity contribution in [2.45, 2.75) is 65.7 Å². The molecule has 9 nitrogen and oxygen atoms in total. The highest BCUT2D eigenvalue weighted by molar-refractivity contribution is 5.91. The van der Waals surface area contributed by atoms with Gasteiger partial charge in [-0.15, -0.1) is 0 Å². The van der Waals surface area contributed by atoms with Crippen LogP contribution in [-0.4, -0.2) is 46.2 Å². The van der Waals surface area contributed by atoms with Crippen molar-refractivity contribution in [2.75, 3.05) is 11.9 Å². The van der Waals surface area contributed by atoms with Crippen molar-refractivity contribution in [1.82, 2.24) is 10.0 Å². The Morgan fingerprint density at radius 3 is 2.51 bits per heavy atom. The first kappa shape index (κ1) is 25.9. The second-order valence-electron chi connectivity index (χ2n) is 9.41. The lowest BCUT2D eigenvalue weighted by Crippen LogP contribution is -2.52. The predicted octanol–water partition coefficient (Wildman–Crippen LogP) is 5.44. The number of hydrogen-bond donors (Lipinski definition) is 2. The van der Waals surface area contributed by atoms with E-state index in [1.54, 1.807) is 45.0 Å². The smallest absolute Gasteiger partial charge is 0.429 e. The Kier molecular flexibility index (Phi) is 8.22. The highest BCUT2D eigenvalue weighted by Crippen LogP contribution is 2.33. The molecule has 35 heavy (non-hydrogen) atoms. The van der Waals surface area contributed by atoms with Gasteiger partial charge in [-0.3, -0.25) is 0 Å². The first-order valence-electron chi connectivity index (χ1n) is 11.8. The number of carbonyl (C=O) groups excluding carboxylic acids is 2. The third-order valence-corrected chi connectivity index (χ3v) is 5.20. The van der Waals surface area contributed by atoms with Crippen LogP contribution in [0.2, 0.25) is 0 Å². The Hall–Kier alpha value is -3.75. The maximum Gasteiger partial charge on any atom is 0.429 e. The average molecular weight is 482 g/mol. The van der Waals surface area contributed by atoms with Crippen LogP contribution in [0.3, 0.4) is 0 Å². The second kappa shape index (κ2) is 11.1. The Bertz CT molecular complexity index is 1070. The number of fused-ring (bicyclic) bond motifs is 1. The molecule has 0 bridgehead atoms. The number of nitrogens with zero attached hydrogens (tertiary/aromatic N) is 3. The number of aliphatic imine (C=N–C) groups is 1. The largest absolute Gasteiger partial charge is 0.481 e. The number of nitrogens with one attached hydrogen (secondary N) is 1. The topological polar surface area (TPSA) is 109 Å². The molecule has 3 amide bonds. The molecule has 0 aliphatic carbocycles. The number of hydrazine groups is 1. The molecule has 1 aliphatic heterocycles. The molecule has 0 radical (unpaired) electrons. The van der Waals surface area contributed by atoms with Crippen molar-refractivity contribution >= 4 is 29.3 Å². The molecular weight excluding hydrogens is 446 g/mol. The SMILES string of the molecule is CCCCN(C(=O)Nc1ccccc1)N(Cc1ccc2c(c1)N=C(N)C(C)O2)C(=O)OC(C)(C)C. The van der Waals surface area contributed by atoms with Crippen LogP contribution in [-0.2, 0) is 11.3 Å². The van der Waals surface area contributed by atoms with Crippen LogP contribution in [0.5, 0.6) is 5.75 Å². The summed E-state index contributed by atoms with van der Waals surface area (Å²) in [4.78, 5) is 31.1. The number of nitrogens with two attached hydrogens (primary N) is 1. The summed E-state index contributed by atoms with van der Waals surface area (Å²) in [5, 5.41) is 5.61. The lowest BCUT2D eigenvalue weighted by Gasteiger charge is -2.36. The van der Waals surface area contributed by atoms with Gasteiger partial charge in [-0.25, -0.2) is 24.6 Å². The summed E-state index contributed by atoms with van der Waals surface area (Å²) in [6.45, 7) is 9.66. The van der Waals surface area contributed by atoms with Gasteiger partial charge in [-0.1, -0.05) is 37.6 Å². The van der Waals surface area contributed by atoms with Gasteiger partial charge in [-0.2, -0.15) is 0 Å². The number of urea groups is 1. The number of hydrogen-bond acceptors (Lipinski definition) is 6. The van der Waals surface area contributed by atoms with Gasteiger partial charge in [0.05, 0.1) is 6.54 Å². The van der Waals surface area contributed by atoms with Crippen LogP contribution in [0.25, 0.3) is 0 Å². The summed E-state index contributed by atoms with van der Waals surface area (Å²) >= 11 is 0. The van der Waals surface area contributed by atoms with Gasteiger partial charge in [0.2, 0.25) is 0 Å². The van der Waals surface area contributed by atoms with E-state index in [1.165, 1.54) is 10.0 Å². The summed E-state index contributed by atoms with van der Waals surface area (Å²) in [7, 11) is 0. The summed E-state index contributed by atoms with van der Waals surface area (Å²) in [5.41, 5.74) is 7.18. The molecule has 2 aromatic carbocycles. The molecule has 188 valence electrons. The van der Waals surface area contributed by atoms with Crippen molar-refractivity contribution < 1.29 is 19.1 Å². The van der Waals surface area contributed by atoms with Gasteiger partial charge in [0, 0.05) is 12.2 Å². The minimum Gasteiger partial charge on any atom is -0.481 e. The van der Waals surface area contributed by atoms with Gasteiger partial charge in [0.1, 0.15) is 22.9 Å². The Morgan fingerprint density at radius 2 is 1.86 bits per heavy atom. The van der Waals surface area contributed by atoms with E-state index < -0.39 is 17.7 Å². The number of para-hydroxylation sites is 1. The van der Waals surface area contributed by atoms with E-state index in [-0.39, 0.29) is 12.6 Å². The molecule has 1 aliphatic rings. The van der Waals surface area contributed by atoms with Crippen LogP contribution < -0.4 is 15.8 Å². The molecule has 3 rings (SSSR count). The Morgan fingerprint density at radius 1 is 1.14 bits per heavy atom. The lowest BCUT2D eigenvalue weighted by atomic mass is 10.1. The molecule has 0 fully saturated rings. The van der Waals surface area contributed by atoms with E-state index in [4.69, 9.17) is 15.2 Å². The van der Waals surface area contributed by atoms with Gasteiger partial charge in [-0.05, 0) is 63.9 Å². The van der Waals surface area contributed by atoms with Crippen LogP contribution in [0.15, 0.2) is 53.5 Å². The van der Waals surface area contributed by atoms with Crippen molar-refractivity contribution in [1.29, 1.82) is 0 Å². The summed E-state index contributed by atoms with van der Waals surface area (Å²) in [6, 6.07) is 14.1. The molecule has 3 N–H and O–H groups in total. The van der Waals surface area contributed by atoms with E-state index in [1.807, 2.05) is 38.1 Å². The fourth-order valence-electron chi connectivity index (χ4n) is 3.41. The maximum atomic E-state index is 13.3. The number of rotatable bonds is 6. The van der Waals surface area contributed by atoms with Crippen LogP contribution in [0, 0.1) is 0 Å². The number of amides is 3. The predicted molar refractivity (Wildman–Crippen MR) is 137 cm³/mol. The van der Waals surface area contributed by atoms with E-state index in [9.17, 15) is 9.59 Å². The highest BCUT2D eigenvalue weighted by Gasteiger charge is 2.31. The molecule has 1 heterocycles. The normalized spacial score (nSPS) is 14.8. The van der Waals surface area contributed by atoms with Gasteiger partial charge in [0.25, 0.3) is 0 Å². The molecule has 0 aromatic heterocycles. The first-order valence-corrected chi connectivity index (χ1v) is 11.8. The molecule has 0 saturated heterocycles. The van der Waals surface area contributed by atoms with Gasteiger partial charge < -0.3 is 20.5 Å². The lowest BCUT2D eigenvalue weighted by molar-refractivity contribution is -0.0332. The minimum atomic E-state index is -0.736. The molecule has 1 unspecified atom stereocenters. The minimum absolute atomic E-state index is 0.0963.